The average molecular weight is 411 g/mol. The second-order valence-corrected chi connectivity index (χ2v) is 7.97. The highest BCUT2D eigenvalue weighted by Crippen LogP contribution is 2.18. The Morgan fingerprint density at radius 3 is 2.20 bits per heavy atom. The zero-order valence-electron chi connectivity index (χ0n) is 17.8. The van der Waals surface area contributed by atoms with E-state index in [9.17, 15) is 9.59 Å². The van der Waals surface area contributed by atoms with Crippen molar-refractivity contribution in [1.29, 1.82) is 0 Å². The lowest BCUT2D eigenvalue weighted by Gasteiger charge is -2.29. The summed E-state index contributed by atoms with van der Waals surface area (Å²) in [6, 6.07) is 17.5. The van der Waals surface area contributed by atoms with Gasteiger partial charge >= 0.3 is 0 Å². The van der Waals surface area contributed by atoms with Crippen molar-refractivity contribution in [3.05, 3.63) is 71.3 Å². The fraction of sp³-hybridized carbons (Fsp3) is 0.417. The topological polar surface area (TPSA) is 71.9 Å². The van der Waals surface area contributed by atoms with Crippen molar-refractivity contribution in [2.24, 2.45) is 0 Å². The van der Waals surface area contributed by atoms with Gasteiger partial charge in [0.2, 0.25) is 11.8 Å². The lowest BCUT2D eigenvalue weighted by atomic mass is 10.0. The smallest absolute Gasteiger partial charge is 0.223 e. The van der Waals surface area contributed by atoms with Crippen molar-refractivity contribution in [3.63, 3.8) is 0 Å². The Kier molecular flexibility index (Phi) is 7.99. The third-order valence-corrected chi connectivity index (χ3v) is 5.48. The summed E-state index contributed by atoms with van der Waals surface area (Å²) in [6.45, 7) is 7.74. The minimum Gasteiger partial charge on any atom is -0.370 e. The van der Waals surface area contributed by atoms with E-state index in [1.54, 1.807) is 0 Å². The summed E-state index contributed by atoms with van der Waals surface area (Å²) in [5.74, 6) is -0.222. The summed E-state index contributed by atoms with van der Waals surface area (Å²) in [5, 5.41) is 6.13. The van der Waals surface area contributed by atoms with Crippen LogP contribution in [-0.2, 0) is 14.3 Å². The molecule has 3 rings (SSSR count). The van der Waals surface area contributed by atoms with E-state index in [1.165, 1.54) is 17.4 Å². The molecular weight excluding hydrogens is 378 g/mol. The van der Waals surface area contributed by atoms with Crippen LogP contribution in [-0.4, -0.2) is 44.7 Å². The number of benzene rings is 2. The van der Waals surface area contributed by atoms with Crippen LogP contribution in [0.5, 0.6) is 0 Å². The molecule has 0 aromatic heterocycles. The summed E-state index contributed by atoms with van der Waals surface area (Å²) in [5.41, 5.74) is 3.22. The van der Waals surface area contributed by atoms with Crippen molar-refractivity contribution >= 4 is 11.8 Å². The van der Waals surface area contributed by atoms with E-state index in [0.29, 0.717) is 0 Å². The van der Waals surface area contributed by atoms with E-state index in [2.05, 4.69) is 41.8 Å². The maximum absolute atomic E-state index is 13.0. The molecule has 1 aliphatic heterocycles. The SMILES string of the molecule is CC(=O)N[C@H](CC(=O)N[C@@H](C[NH+]1CCOCC1)c1ccc(C)cc1)c1ccccc1. The summed E-state index contributed by atoms with van der Waals surface area (Å²) in [6.07, 6.45) is 0.199. The van der Waals surface area contributed by atoms with Crippen molar-refractivity contribution in [2.45, 2.75) is 32.4 Å². The molecule has 6 nitrogen and oxygen atoms in total. The van der Waals surface area contributed by atoms with Gasteiger partial charge in [0, 0.05) is 6.92 Å². The van der Waals surface area contributed by atoms with Gasteiger partial charge in [-0.15, -0.1) is 0 Å². The molecule has 160 valence electrons. The molecule has 0 unspecified atom stereocenters. The maximum Gasteiger partial charge on any atom is 0.223 e. The zero-order valence-corrected chi connectivity index (χ0v) is 17.8. The van der Waals surface area contributed by atoms with Crippen molar-refractivity contribution in [1.82, 2.24) is 10.6 Å². The lowest BCUT2D eigenvalue weighted by molar-refractivity contribution is -0.909. The van der Waals surface area contributed by atoms with Gasteiger partial charge in [0.1, 0.15) is 25.7 Å². The van der Waals surface area contributed by atoms with E-state index in [0.717, 1.165) is 44.0 Å². The molecule has 2 aromatic rings. The molecule has 0 aliphatic carbocycles. The van der Waals surface area contributed by atoms with Crippen LogP contribution in [0.1, 0.15) is 42.1 Å². The number of amides is 2. The predicted octanol–water partition coefficient (Wildman–Crippen LogP) is 1.33. The number of hydrogen-bond acceptors (Lipinski definition) is 3. The molecule has 0 radical (unpaired) electrons. The zero-order chi connectivity index (χ0) is 21.3. The van der Waals surface area contributed by atoms with E-state index in [4.69, 9.17) is 4.74 Å². The number of ether oxygens (including phenoxy) is 1. The van der Waals surface area contributed by atoms with Crippen LogP contribution in [0.4, 0.5) is 0 Å². The Hall–Kier alpha value is -2.70. The second-order valence-electron chi connectivity index (χ2n) is 7.97. The van der Waals surface area contributed by atoms with Crippen LogP contribution in [0.2, 0.25) is 0 Å². The number of rotatable bonds is 8. The Morgan fingerprint density at radius 1 is 0.933 bits per heavy atom. The van der Waals surface area contributed by atoms with Gasteiger partial charge in [-0.25, -0.2) is 0 Å². The Bertz CT molecular complexity index is 817. The first-order valence-corrected chi connectivity index (χ1v) is 10.6. The largest absolute Gasteiger partial charge is 0.370 e. The maximum atomic E-state index is 13.0. The van der Waals surface area contributed by atoms with Gasteiger partial charge in [-0.2, -0.15) is 0 Å². The Balaban J connectivity index is 1.72. The van der Waals surface area contributed by atoms with Gasteiger partial charge in [0.15, 0.2) is 0 Å². The molecule has 6 heteroatoms. The molecule has 2 atom stereocenters. The Morgan fingerprint density at radius 2 is 1.57 bits per heavy atom. The van der Waals surface area contributed by atoms with Gasteiger partial charge in [0.25, 0.3) is 0 Å². The summed E-state index contributed by atoms with van der Waals surface area (Å²) >= 11 is 0. The first kappa shape index (κ1) is 22.0. The Labute approximate surface area is 178 Å². The van der Waals surface area contributed by atoms with Crippen LogP contribution >= 0.6 is 0 Å². The third-order valence-electron chi connectivity index (χ3n) is 5.48. The van der Waals surface area contributed by atoms with Crippen LogP contribution in [0, 0.1) is 6.92 Å². The molecular formula is C24H32N3O3+. The first-order chi connectivity index (χ1) is 14.5. The summed E-state index contributed by atoms with van der Waals surface area (Å²) < 4.78 is 5.47. The molecule has 2 amide bonds. The summed E-state index contributed by atoms with van der Waals surface area (Å²) in [7, 11) is 0. The number of aryl methyl sites for hydroxylation is 1. The molecule has 0 spiro atoms. The van der Waals surface area contributed by atoms with Crippen LogP contribution in [0.15, 0.2) is 54.6 Å². The highest BCUT2D eigenvalue weighted by Gasteiger charge is 2.25. The minimum absolute atomic E-state index is 0.0733. The van der Waals surface area contributed by atoms with Gasteiger partial charge in [0.05, 0.1) is 25.7 Å². The quantitative estimate of drug-likeness (QED) is 0.615. The minimum atomic E-state index is -0.349. The van der Waals surface area contributed by atoms with E-state index >= 15 is 0 Å². The molecule has 30 heavy (non-hydrogen) atoms. The first-order valence-electron chi connectivity index (χ1n) is 10.6. The second kappa shape index (κ2) is 10.9. The van der Waals surface area contributed by atoms with Crippen LogP contribution in [0.3, 0.4) is 0 Å². The van der Waals surface area contributed by atoms with Gasteiger partial charge in [-0.05, 0) is 18.1 Å². The molecule has 1 fully saturated rings. The molecule has 1 saturated heterocycles. The number of morpholine rings is 1. The lowest BCUT2D eigenvalue weighted by Crippen LogP contribution is -3.14. The fourth-order valence-corrected chi connectivity index (χ4v) is 3.83. The van der Waals surface area contributed by atoms with E-state index in [1.807, 2.05) is 30.3 Å². The van der Waals surface area contributed by atoms with Crippen molar-refractivity contribution in [2.75, 3.05) is 32.8 Å². The van der Waals surface area contributed by atoms with Crippen LogP contribution < -0.4 is 15.5 Å². The standard InChI is InChI=1S/C24H31N3O3/c1-18-8-10-21(11-9-18)23(17-27-12-14-30-15-13-27)26-24(29)16-22(25-19(2)28)20-6-4-3-5-7-20/h3-11,22-23H,12-17H2,1-2H3,(H,25,28)(H,26,29)/p+1/t22-,23+/m1/s1. The molecule has 1 heterocycles. The van der Waals surface area contributed by atoms with E-state index < -0.39 is 0 Å². The molecule has 0 saturated carbocycles. The molecule has 0 bridgehead atoms. The van der Waals surface area contributed by atoms with Crippen molar-refractivity contribution < 1.29 is 19.2 Å². The number of nitrogens with one attached hydrogen (secondary N) is 3. The normalized spacial score (nSPS) is 16.5. The van der Waals surface area contributed by atoms with E-state index in [-0.39, 0.29) is 30.3 Å². The number of carbonyl (C=O) groups excluding carboxylic acids is 2. The number of carbonyl (C=O) groups is 2. The van der Waals surface area contributed by atoms with Gasteiger partial charge in [-0.3, -0.25) is 9.59 Å². The third kappa shape index (κ3) is 6.68. The van der Waals surface area contributed by atoms with Crippen LogP contribution in [0.25, 0.3) is 0 Å². The highest BCUT2D eigenvalue weighted by molar-refractivity contribution is 5.79. The van der Waals surface area contributed by atoms with Crippen molar-refractivity contribution in [3.8, 4) is 0 Å². The molecule has 1 aliphatic rings. The van der Waals surface area contributed by atoms with Gasteiger partial charge in [-0.1, -0.05) is 60.2 Å². The molecule has 3 N–H and O–H groups in total. The average Bonchev–Trinajstić information content (AvgIpc) is 2.74. The molecule has 2 aromatic carbocycles. The number of hydrogen-bond donors (Lipinski definition) is 3. The monoisotopic (exact) mass is 410 g/mol. The predicted molar refractivity (Wildman–Crippen MR) is 116 cm³/mol. The fourth-order valence-electron chi connectivity index (χ4n) is 3.83. The highest BCUT2D eigenvalue weighted by atomic mass is 16.5. The van der Waals surface area contributed by atoms with Gasteiger partial charge < -0.3 is 20.3 Å². The number of quaternary nitrogens is 1. The summed E-state index contributed by atoms with van der Waals surface area (Å²) in [4.78, 5) is 26.1.